The number of fused-ring (bicyclic) bond motifs is 1. The van der Waals surface area contributed by atoms with Crippen LogP contribution in [0.1, 0.15) is 67.9 Å². The van der Waals surface area contributed by atoms with Gasteiger partial charge in [-0.3, -0.25) is 4.79 Å². The summed E-state index contributed by atoms with van der Waals surface area (Å²) in [4.78, 5) is 18.8. The summed E-state index contributed by atoms with van der Waals surface area (Å²) in [6.45, 7) is 2.84. The van der Waals surface area contributed by atoms with Crippen molar-refractivity contribution in [3.8, 4) is 0 Å². The fraction of sp³-hybridized carbons (Fsp3) is 0.650. The predicted octanol–water partition coefficient (Wildman–Crippen LogP) is 4.34. The number of rotatable bonds is 2. The van der Waals surface area contributed by atoms with Crippen LogP contribution < -0.4 is 0 Å². The summed E-state index contributed by atoms with van der Waals surface area (Å²) < 4.78 is 40.9. The average Bonchev–Trinajstić information content (AvgIpc) is 3.10. The minimum absolute atomic E-state index is 0.0542. The quantitative estimate of drug-likeness (QED) is 0.761. The molecule has 0 radical (unpaired) electrons. The zero-order valence-electron chi connectivity index (χ0n) is 16.0. The molecule has 28 heavy (non-hydrogen) atoms. The van der Waals surface area contributed by atoms with E-state index in [1.807, 2.05) is 4.90 Å². The van der Waals surface area contributed by atoms with Crippen LogP contribution in [0, 0.1) is 12.8 Å². The van der Waals surface area contributed by atoms with Crippen molar-refractivity contribution >= 4 is 11.6 Å². The van der Waals surface area contributed by atoms with Crippen molar-refractivity contribution in [1.29, 1.82) is 0 Å². The molecule has 0 aromatic carbocycles. The molecule has 0 N–H and O–H groups in total. The highest BCUT2D eigenvalue weighted by Gasteiger charge is 2.36. The third-order valence-corrected chi connectivity index (χ3v) is 6.04. The summed E-state index contributed by atoms with van der Waals surface area (Å²) in [5, 5.41) is 4.23. The van der Waals surface area contributed by atoms with Gasteiger partial charge in [0.1, 0.15) is 5.69 Å². The van der Waals surface area contributed by atoms with Crippen molar-refractivity contribution in [2.45, 2.75) is 64.0 Å². The predicted molar refractivity (Wildman–Crippen MR) is 97.9 cm³/mol. The Kier molecular flexibility index (Phi) is 5.05. The van der Waals surface area contributed by atoms with Gasteiger partial charge >= 0.3 is 6.18 Å². The fourth-order valence-corrected chi connectivity index (χ4v) is 4.52. The minimum Gasteiger partial charge on any atom is -0.342 e. The van der Waals surface area contributed by atoms with Crippen LogP contribution >= 0.6 is 0 Å². The zero-order chi connectivity index (χ0) is 19.9. The van der Waals surface area contributed by atoms with Crippen LogP contribution in [-0.4, -0.2) is 38.5 Å². The van der Waals surface area contributed by atoms with Crippen molar-refractivity contribution in [3.05, 3.63) is 29.2 Å². The number of carbonyl (C=O) groups excluding carboxylic acids is 1. The van der Waals surface area contributed by atoms with E-state index >= 15 is 0 Å². The van der Waals surface area contributed by atoms with Gasteiger partial charge in [0, 0.05) is 36.7 Å². The molecule has 0 spiro atoms. The first-order valence-electron chi connectivity index (χ1n) is 10.1. The Labute approximate surface area is 161 Å². The van der Waals surface area contributed by atoms with E-state index in [1.54, 1.807) is 13.0 Å². The van der Waals surface area contributed by atoms with Gasteiger partial charge in [-0.05, 0) is 38.7 Å². The van der Waals surface area contributed by atoms with Crippen LogP contribution in [0.25, 0.3) is 5.65 Å². The third-order valence-electron chi connectivity index (χ3n) is 6.04. The molecule has 0 atom stereocenters. The Morgan fingerprint density at radius 3 is 2.39 bits per heavy atom. The summed E-state index contributed by atoms with van der Waals surface area (Å²) >= 11 is 0. The second kappa shape index (κ2) is 7.37. The van der Waals surface area contributed by atoms with Crippen LogP contribution in [-0.2, 0) is 11.0 Å². The highest BCUT2D eigenvalue weighted by Crippen LogP contribution is 2.33. The number of amides is 1. The molecule has 0 bridgehead atoms. The molecule has 2 aromatic heterocycles. The van der Waals surface area contributed by atoms with Crippen LogP contribution in [0.5, 0.6) is 0 Å². The van der Waals surface area contributed by atoms with Gasteiger partial charge in [-0.1, -0.05) is 19.3 Å². The number of aryl methyl sites for hydroxylation is 1. The number of piperidine rings is 1. The van der Waals surface area contributed by atoms with Crippen molar-refractivity contribution < 1.29 is 18.0 Å². The van der Waals surface area contributed by atoms with Crippen LogP contribution in [0.2, 0.25) is 0 Å². The Hall–Kier alpha value is -2.12. The number of hydrogen-bond acceptors (Lipinski definition) is 3. The van der Waals surface area contributed by atoms with Gasteiger partial charge in [0.25, 0.3) is 0 Å². The topological polar surface area (TPSA) is 50.5 Å². The second-order valence-corrected chi connectivity index (χ2v) is 8.05. The maximum Gasteiger partial charge on any atom is 0.433 e. The van der Waals surface area contributed by atoms with E-state index in [2.05, 4.69) is 10.1 Å². The number of carbonyl (C=O) groups is 1. The number of likely N-dealkylation sites (tertiary alicyclic amines) is 1. The number of alkyl halides is 3. The minimum atomic E-state index is -4.48. The van der Waals surface area contributed by atoms with Gasteiger partial charge < -0.3 is 4.90 Å². The Balaban J connectivity index is 1.49. The van der Waals surface area contributed by atoms with Crippen LogP contribution in [0.4, 0.5) is 13.2 Å². The second-order valence-electron chi connectivity index (χ2n) is 8.05. The molecule has 2 fully saturated rings. The normalized spacial score (nSPS) is 20.1. The Morgan fingerprint density at radius 2 is 1.75 bits per heavy atom. The Morgan fingerprint density at radius 1 is 1.07 bits per heavy atom. The molecule has 1 saturated heterocycles. The summed E-state index contributed by atoms with van der Waals surface area (Å²) in [6.07, 6.45) is 2.40. The fourth-order valence-electron chi connectivity index (χ4n) is 4.52. The molecule has 1 aliphatic carbocycles. The van der Waals surface area contributed by atoms with E-state index in [9.17, 15) is 18.0 Å². The summed E-state index contributed by atoms with van der Waals surface area (Å²) in [5.74, 6) is 0.463. The lowest BCUT2D eigenvalue weighted by atomic mass is 9.87. The van der Waals surface area contributed by atoms with Crippen molar-refractivity contribution in [3.63, 3.8) is 0 Å². The van der Waals surface area contributed by atoms with Crippen molar-refractivity contribution in [2.24, 2.45) is 5.92 Å². The molecule has 0 unspecified atom stereocenters. The zero-order valence-corrected chi connectivity index (χ0v) is 16.0. The van der Waals surface area contributed by atoms with E-state index < -0.39 is 11.9 Å². The number of nitrogens with zero attached hydrogens (tertiary/aromatic N) is 4. The highest BCUT2D eigenvalue weighted by atomic mass is 19.4. The molecule has 4 rings (SSSR count). The largest absolute Gasteiger partial charge is 0.433 e. The summed E-state index contributed by atoms with van der Waals surface area (Å²) in [6, 6.07) is 2.68. The monoisotopic (exact) mass is 394 g/mol. The maximum absolute atomic E-state index is 13.3. The first-order chi connectivity index (χ1) is 13.3. The molecular weight excluding hydrogens is 369 g/mol. The molecule has 1 saturated carbocycles. The lowest BCUT2D eigenvalue weighted by Gasteiger charge is -2.34. The van der Waals surface area contributed by atoms with Gasteiger partial charge in [-0.2, -0.15) is 18.3 Å². The molecule has 8 heteroatoms. The average molecular weight is 394 g/mol. The lowest BCUT2D eigenvalue weighted by Crippen LogP contribution is -2.41. The third kappa shape index (κ3) is 3.73. The standard InChI is InChI=1S/C20H25F3N4O/c1-13-11-17(20(21,22)23)27-18(24-13)12-16(25-27)14-7-9-26(10-8-14)19(28)15-5-3-2-4-6-15/h11-12,14-15H,2-10H2,1H3. The molecule has 3 heterocycles. The molecule has 1 aliphatic heterocycles. The van der Waals surface area contributed by atoms with Gasteiger partial charge in [0.2, 0.25) is 5.91 Å². The number of aromatic nitrogens is 3. The molecular formula is C20H25F3N4O. The first kappa shape index (κ1) is 19.2. The van der Waals surface area contributed by atoms with Gasteiger partial charge in [-0.25, -0.2) is 9.50 Å². The first-order valence-corrected chi connectivity index (χ1v) is 10.1. The van der Waals surface area contributed by atoms with Gasteiger partial charge in [-0.15, -0.1) is 0 Å². The molecule has 1 amide bonds. The maximum atomic E-state index is 13.3. The van der Waals surface area contributed by atoms with E-state index in [-0.39, 0.29) is 23.4 Å². The van der Waals surface area contributed by atoms with Crippen LogP contribution in [0.15, 0.2) is 12.1 Å². The smallest absolute Gasteiger partial charge is 0.342 e. The van der Waals surface area contributed by atoms with Gasteiger partial charge in [0.15, 0.2) is 5.65 Å². The summed E-state index contributed by atoms with van der Waals surface area (Å²) in [7, 11) is 0. The molecule has 2 aromatic rings. The lowest BCUT2D eigenvalue weighted by molar-refractivity contribution is -0.142. The van der Waals surface area contributed by atoms with Gasteiger partial charge in [0.05, 0.1) is 5.69 Å². The molecule has 2 aliphatic rings. The number of halogens is 3. The Bertz CT molecular complexity index is 862. The number of hydrogen-bond donors (Lipinski definition) is 0. The molecule has 5 nitrogen and oxygen atoms in total. The van der Waals surface area contributed by atoms with E-state index in [1.165, 1.54) is 6.42 Å². The van der Waals surface area contributed by atoms with E-state index in [4.69, 9.17) is 0 Å². The van der Waals surface area contributed by atoms with Crippen molar-refractivity contribution in [1.82, 2.24) is 19.5 Å². The summed E-state index contributed by atoms with van der Waals surface area (Å²) in [5.41, 5.74) is 0.377. The molecule has 152 valence electrons. The highest BCUT2D eigenvalue weighted by molar-refractivity contribution is 5.79. The van der Waals surface area contributed by atoms with Crippen molar-refractivity contribution in [2.75, 3.05) is 13.1 Å². The van der Waals surface area contributed by atoms with E-state index in [0.717, 1.165) is 49.1 Å². The SMILES string of the molecule is Cc1cc(C(F)(F)F)n2nc(C3CCN(C(=O)C4CCCCC4)CC3)cc2n1. The van der Waals surface area contributed by atoms with E-state index in [0.29, 0.717) is 24.5 Å². The van der Waals surface area contributed by atoms with Crippen LogP contribution in [0.3, 0.4) is 0 Å².